The third kappa shape index (κ3) is 0.620. The Balaban J connectivity index is 2.67. The van der Waals surface area contributed by atoms with Crippen LogP contribution in [-0.2, 0) is 6.42 Å². The zero-order valence-corrected chi connectivity index (χ0v) is 5.41. The van der Waals surface area contributed by atoms with E-state index in [4.69, 9.17) is 0 Å². The molecular formula is C8H7NO. The van der Waals surface area contributed by atoms with E-state index in [1.807, 2.05) is 12.2 Å². The predicted octanol–water partition coefficient (Wildman–Crippen LogP) is 1.36. The Kier molecular flexibility index (Phi) is 1.01. The van der Waals surface area contributed by atoms with Crippen molar-refractivity contribution >= 4 is 6.08 Å². The molecular weight excluding hydrogens is 126 g/mol. The lowest BCUT2D eigenvalue weighted by molar-refractivity contribution is 0.471. The van der Waals surface area contributed by atoms with Gasteiger partial charge in [0.15, 0.2) is 0 Å². The van der Waals surface area contributed by atoms with E-state index < -0.39 is 0 Å². The number of rotatable bonds is 0. The van der Waals surface area contributed by atoms with Gasteiger partial charge in [-0.15, -0.1) is 0 Å². The zero-order chi connectivity index (χ0) is 6.97. The van der Waals surface area contributed by atoms with Crippen LogP contribution in [0.4, 0.5) is 0 Å². The summed E-state index contributed by atoms with van der Waals surface area (Å²) in [4.78, 5) is 3.87. The van der Waals surface area contributed by atoms with E-state index in [0.717, 1.165) is 17.5 Å². The van der Waals surface area contributed by atoms with E-state index in [2.05, 4.69) is 4.98 Å². The Morgan fingerprint density at radius 1 is 1.40 bits per heavy atom. The van der Waals surface area contributed by atoms with Gasteiger partial charge in [-0.2, -0.15) is 0 Å². The van der Waals surface area contributed by atoms with Crippen LogP contribution in [0.25, 0.3) is 6.08 Å². The standard InChI is InChI=1S/C8H7NO/c10-8-5-9-4-6-2-1-3-7(6)8/h1,3-5,10H,2H2. The first-order valence-electron chi connectivity index (χ1n) is 3.20. The fraction of sp³-hybridized carbons (Fsp3) is 0.125. The fourth-order valence-electron chi connectivity index (χ4n) is 1.16. The Hall–Kier alpha value is -1.31. The molecule has 0 saturated carbocycles. The van der Waals surface area contributed by atoms with Crippen molar-refractivity contribution in [2.75, 3.05) is 0 Å². The monoisotopic (exact) mass is 133 g/mol. The van der Waals surface area contributed by atoms with Crippen molar-refractivity contribution < 1.29 is 5.11 Å². The highest BCUT2D eigenvalue weighted by atomic mass is 16.3. The van der Waals surface area contributed by atoms with E-state index in [-0.39, 0.29) is 5.75 Å². The molecule has 0 saturated heterocycles. The summed E-state index contributed by atoms with van der Waals surface area (Å²) in [6.45, 7) is 0. The molecule has 0 aliphatic heterocycles. The molecule has 10 heavy (non-hydrogen) atoms. The van der Waals surface area contributed by atoms with Gasteiger partial charge in [-0.25, -0.2) is 0 Å². The Morgan fingerprint density at radius 2 is 2.30 bits per heavy atom. The summed E-state index contributed by atoms with van der Waals surface area (Å²) in [5.41, 5.74) is 2.04. The molecule has 0 unspecified atom stereocenters. The normalized spacial score (nSPS) is 13.6. The summed E-state index contributed by atoms with van der Waals surface area (Å²) in [5, 5.41) is 9.22. The van der Waals surface area contributed by atoms with E-state index in [1.54, 1.807) is 6.20 Å². The highest BCUT2D eigenvalue weighted by Gasteiger charge is 2.07. The third-order valence-electron chi connectivity index (χ3n) is 1.67. The molecule has 1 aliphatic rings. The third-order valence-corrected chi connectivity index (χ3v) is 1.67. The van der Waals surface area contributed by atoms with Gasteiger partial charge < -0.3 is 5.11 Å². The van der Waals surface area contributed by atoms with Crippen LogP contribution in [0.2, 0.25) is 0 Å². The first-order valence-corrected chi connectivity index (χ1v) is 3.20. The number of fused-ring (bicyclic) bond motifs is 1. The van der Waals surface area contributed by atoms with Crippen LogP contribution in [-0.4, -0.2) is 10.1 Å². The Bertz CT molecular complexity index is 291. The van der Waals surface area contributed by atoms with Crippen LogP contribution in [0.5, 0.6) is 5.75 Å². The molecule has 1 aliphatic carbocycles. The van der Waals surface area contributed by atoms with Gasteiger partial charge in [-0.3, -0.25) is 4.98 Å². The molecule has 2 rings (SSSR count). The number of pyridine rings is 1. The second-order valence-corrected chi connectivity index (χ2v) is 2.34. The Morgan fingerprint density at radius 3 is 3.10 bits per heavy atom. The number of allylic oxidation sites excluding steroid dienone is 1. The van der Waals surface area contributed by atoms with Crippen molar-refractivity contribution in [3.05, 3.63) is 29.6 Å². The molecule has 0 spiro atoms. The van der Waals surface area contributed by atoms with E-state index in [1.165, 1.54) is 6.20 Å². The summed E-state index contributed by atoms with van der Waals surface area (Å²) in [7, 11) is 0. The first-order chi connectivity index (χ1) is 4.88. The summed E-state index contributed by atoms with van der Waals surface area (Å²) in [6, 6.07) is 0. The van der Waals surface area contributed by atoms with Crippen molar-refractivity contribution in [1.29, 1.82) is 0 Å². The maximum absolute atomic E-state index is 9.22. The lowest BCUT2D eigenvalue weighted by Gasteiger charge is -1.97. The Labute approximate surface area is 58.8 Å². The molecule has 2 nitrogen and oxygen atoms in total. The quantitative estimate of drug-likeness (QED) is 0.579. The second-order valence-electron chi connectivity index (χ2n) is 2.34. The van der Waals surface area contributed by atoms with Crippen LogP contribution in [0, 0.1) is 0 Å². The largest absolute Gasteiger partial charge is 0.506 e. The number of nitrogens with zero attached hydrogens (tertiary/aromatic N) is 1. The highest BCUT2D eigenvalue weighted by molar-refractivity contribution is 5.64. The molecule has 50 valence electrons. The second kappa shape index (κ2) is 1.84. The van der Waals surface area contributed by atoms with Crippen molar-refractivity contribution in [1.82, 2.24) is 4.98 Å². The maximum atomic E-state index is 9.22. The molecule has 1 N–H and O–H groups in total. The van der Waals surface area contributed by atoms with Gasteiger partial charge in [0.1, 0.15) is 5.75 Å². The van der Waals surface area contributed by atoms with Crippen molar-refractivity contribution in [2.45, 2.75) is 6.42 Å². The minimum absolute atomic E-state index is 0.284. The number of aromatic hydroxyl groups is 1. The molecule has 0 atom stereocenters. The molecule has 1 heterocycles. The van der Waals surface area contributed by atoms with Crippen molar-refractivity contribution in [2.24, 2.45) is 0 Å². The summed E-state index contributed by atoms with van der Waals surface area (Å²) in [5.74, 6) is 0.284. The SMILES string of the molecule is Oc1cncc2c1C=CC2. The van der Waals surface area contributed by atoms with Gasteiger partial charge in [0.05, 0.1) is 6.20 Å². The molecule has 0 fully saturated rings. The maximum Gasteiger partial charge on any atom is 0.141 e. The molecule has 1 aromatic rings. The summed E-state index contributed by atoms with van der Waals surface area (Å²) >= 11 is 0. The molecule has 0 bridgehead atoms. The van der Waals surface area contributed by atoms with E-state index >= 15 is 0 Å². The van der Waals surface area contributed by atoms with Gasteiger partial charge in [-0.05, 0) is 12.0 Å². The fourth-order valence-corrected chi connectivity index (χ4v) is 1.16. The van der Waals surface area contributed by atoms with Crippen LogP contribution in [0.3, 0.4) is 0 Å². The number of aromatic nitrogens is 1. The van der Waals surface area contributed by atoms with Crippen LogP contribution >= 0.6 is 0 Å². The molecule has 2 heteroatoms. The molecule has 0 aromatic carbocycles. The average Bonchev–Trinajstić information content (AvgIpc) is 2.36. The van der Waals surface area contributed by atoms with Gasteiger partial charge in [0, 0.05) is 11.8 Å². The number of hydrogen-bond donors (Lipinski definition) is 1. The van der Waals surface area contributed by atoms with Crippen LogP contribution in [0.15, 0.2) is 18.5 Å². The smallest absolute Gasteiger partial charge is 0.141 e. The van der Waals surface area contributed by atoms with E-state index in [0.29, 0.717) is 0 Å². The van der Waals surface area contributed by atoms with Crippen LogP contribution in [0.1, 0.15) is 11.1 Å². The first kappa shape index (κ1) is 5.47. The lowest BCUT2D eigenvalue weighted by atomic mass is 10.2. The average molecular weight is 133 g/mol. The molecule has 0 radical (unpaired) electrons. The topological polar surface area (TPSA) is 33.1 Å². The van der Waals surface area contributed by atoms with Crippen LogP contribution < -0.4 is 0 Å². The van der Waals surface area contributed by atoms with Crippen molar-refractivity contribution in [3.8, 4) is 5.75 Å². The zero-order valence-electron chi connectivity index (χ0n) is 5.41. The van der Waals surface area contributed by atoms with Gasteiger partial charge in [-0.1, -0.05) is 12.2 Å². The highest BCUT2D eigenvalue weighted by Crippen LogP contribution is 2.25. The number of hydrogen-bond acceptors (Lipinski definition) is 2. The van der Waals surface area contributed by atoms with E-state index in [9.17, 15) is 5.11 Å². The molecule has 1 aromatic heterocycles. The summed E-state index contributed by atoms with van der Waals surface area (Å²) < 4.78 is 0. The van der Waals surface area contributed by atoms with Gasteiger partial charge in [0.2, 0.25) is 0 Å². The minimum atomic E-state index is 0.284. The summed E-state index contributed by atoms with van der Waals surface area (Å²) in [6.07, 6.45) is 8.10. The van der Waals surface area contributed by atoms with Crippen molar-refractivity contribution in [3.63, 3.8) is 0 Å². The minimum Gasteiger partial charge on any atom is -0.506 e. The van der Waals surface area contributed by atoms with Gasteiger partial charge in [0.25, 0.3) is 0 Å². The lowest BCUT2D eigenvalue weighted by Crippen LogP contribution is -1.83. The molecule has 0 amide bonds. The predicted molar refractivity (Wildman–Crippen MR) is 38.6 cm³/mol. The van der Waals surface area contributed by atoms with Gasteiger partial charge >= 0.3 is 0 Å².